The van der Waals surface area contributed by atoms with Gasteiger partial charge >= 0.3 is 5.97 Å². The molecule has 0 radical (unpaired) electrons. The third-order valence-electron chi connectivity index (χ3n) is 2.86. The third kappa shape index (κ3) is 3.17. The highest BCUT2D eigenvalue weighted by atomic mass is 79.9. The van der Waals surface area contributed by atoms with E-state index in [2.05, 4.69) is 15.9 Å². The van der Waals surface area contributed by atoms with Crippen molar-refractivity contribution in [2.45, 2.75) is 20.0 Å². The maximum absolute atomic E-state index is 12.1. The molecule has 0 aliphatic carbocycles. The van der Waals surface area contributed by atoms with Crippen LogP contribution in [0.25, 0.3) is 0 Å². The highest BCUT2D eigenvalue weighted by molar-refractivity contribution is 9.10. The Bertz CT molecular complexity index is 628. The van der Waals surface area contributed by atoms with Crippen molar-refractivity contribution in [2.24, 2.45) is 0 Å². The Kier molecular flexibility index (Phi) is 4.39. The largest absolute Gasteiger partial charge is 0.469 e. The van der Waals surface area contributed by atoms with Gasteiger partial charge in [-0.2, -0.15) is 0 Å². The van der Waals surface area contributed by atoms with E-state index in [0.29, 0.717) is 16.9 Å². The summed E-state index contributed by atoms with van der Waals surface area (Å²) in [5.41, 5.74) is 0.831. The molecule has 0 saturated carbocycles. The zero-order valence-corrected chi connectivity index (χ0v) is 12.6. The van der Waals surface area contributed by atoms with Gasteiger partial charge in [0.25, 0.3) is 0 Å². The summed E-state index contributed by atoms with van der Waals surface area (Å²) in [6.07, 6.45) is 0.561. The molecule has 4 nitrogen and oxygen atoms in total. The first-order chi connectivity index (χ1) is 9.49. The molecule has 1 aromatic carbocycles. The van der Waals surface area contributed by atoms with Crippen LogP contribution in [0.1, 0.15) is 33.4 Å². The van der Waals surface area contributed by atoms with Crippen LogP contribution in [0.15, 0.2) is 45.5 Å². The SMILES string of the molecule is Cc1occc1C(=O)O[C@@H](C)C(=O)c1ccc(Br)cc1. The smallest absolute Gasteiger partial charge is 0.342 e. The van der Waals surface area contributed by atoms with Crippen LogP contribution in [0, 0.1) is 6.92 Å². The zero-order chi connectivity index (χ0) is 14.7. The second-order valence-corrected chi connectivity index (χ2v) is 5.22. The standard InChI is InChI=1S/C15H13BrO4/c1-9-13(7-8-19-9)15(18)20-10(2)14(17)11-3-5-12(16)6-4-11/h3-8,10H,1-2H3/t10-/m0/s1. The highest BCUT2D eigenvalue weighted by Gasteiger charge is 2.22. The van der Waals surface area contributed by atoms with Crippen LogP contribution in [0.5, 0.6) is 0 Å². The Labute approximate surface area is 124 Å². The molecular formula is C15H13BrO4. The number of rotatable bonds is 4. The van der Waals surface area contributed by atoms with Crippen LogP contribution in [0.2, 0.25) is 0 Å². The van der Waals surface area contributed by atoms with Crippen LogP contribution in [-0.2, 0) is 4.74 Å². The van der Waals surface area contributed by atoms with E-state index in [1.807, 2.05) is 0 Å². The Morgan fingerprint density at radius 2 is 1.85 bits per heavy atom. The lowest BCUT2D eigenvalue weighted by atomic mass is 10.1. The Morgan fingerprint density at radius 3 is 2.40 bits per heavy atom. The lowest BCUT2D eigenvalue weighted by Gasteiger charge is -2.12. The molecule has 1 heterocycles. The molecule has 0 unspecified atom stereocenters. The minimum atomic E-state index is -0.849. The molecule has 1 aromatic heterocycles. The van der Waals surface area contributed by atoms with E-state index in [-0.39, 0.29) is 5.78 Å². The number of furan rings is 1. The number of halogens is 1. The molecular weight excluding hydrogens is 324 g/mol. The topological polar surface area (TPSA) is 56.5 Å². The Hall–Kier alpha value is -1.88. The fourth-order valence-electron chi connectivity index (χ4n) is 1.72. The molecule has 0 fully saturated rings. The number of ether oxygens (including phenoxy) is 1. The van der Waals surface area contributed by atoms with Crippen molar-refractivity contribution < 1.29 is 18.7 Å². The number of esters is 1. The van der Waals surface area contributed by atoms with Crippen molar-refractivity contribution >= 4 is 27.7 Å². The summed E-state index contributed by atoms with van der Waals surface area (Å²) in [5.74, 6) is -0.334. The van der Waals surface area contributed by atoms with Crippen molar-refractivity contribution in [2.75, 3.05) is 0 Å². The molecule has 0 aliphatic rings. The first kappa shape index (κ1) is 14.5. The van der Waals surface area contributed by atoms with Gasteiger partial charge in [0.2, 0.25) is 5.78 Å². The average Bonchev–Trinajstić information content (AvgIpc) is 2.85. The molecule has 0 bridgehead atoms. The molecule has 0 spiro atoms. The number of carbonyl (C=O) groups is 2. The molecule has 5 heteroatoms. The summed E-state index contributed by atoms with van der Waals surface area (Å²) in [7, 11) is 0. The van der Waals surface area contributed by atoms with E-state index in [1.165, 1.54) is 12.3 Å². The Balaban J connectivity index is 2.06. The summed E-state index contributed by atoms with van der Waals surface area (Å²) in [5, 5.41) is 0. The quantitative estimate of drug-likeness (QED) is 0.629. The van der Waals surface area contributed by atoms with Crippen LogP contribution < -0.4 is 0 Å². The number of hydrogen-bond acceptors (Lipinski definition) is 4. The first-order valence-corrected chi connectivity index (χ1v) is 6.83. The van der Waals surface area contributed by atoms with Gasteiger partial charge in [0.15, 0.2) is 6.10 Å². The summed E-state index contributed by atoms with van der Waals surface area (Å²) < 4.78 is 11.1. The summed E-state index contributed by atoms with van der Waals surface area (Å²) >= 11 is 3.30. The van der Waals surface area contributed by atoms with Crippen molar-refractivity contribution in [3.8, 4) is 0 Å². The van der Waals surface area contributed by atoms with E-state index in [9.17, 15) is 9.59 Å². The van der Waals surface area contributed by atoms with Crippen LogP contribution >= 0.6 is 15.9 Å². The number of aryl methyl sites for hydroxylation is 1. The molecule has 20 heavy (non-hydrogen) atoms. The van der Waals surface area contributed by atoms with Crippen molar-refractivity contribution in [1.29, 1.82) is 0 Å². The normalized spacial score (nSPS) is 11.9. The van der Waals surface area contributed by atoms with Crippen LogP contribution in [0.3, 0.4) is 0 Å². The molecule has 0 aliphatic heterocycles. The lowest BCUT2D eigenvalue weighted by Crippen LogP contribution is -2.24. The van der Waals surface area contributed by atoms with Crippen molar-refractivity contribution in [3.05, 3.63) is 58.0 Å². The second kappa shape index (κ2) is 6.05. The first-order valence-electron chi connectivity index (χ1n) is 6.04. The Morgan fingerprint density at radius 1 is 1.20 bits per heavy atom. The van der Waals surface area contributed by atoms with Gasteiger partial charge in [0.05, 0.1) is 6.26 Å². The summed E-state index contributed by atoms with van der Waals surface area (Å²) in [4.78, 5) is 24.0. The monoisotopic (exact) mass is 336 g/mol. The number of Topliss-reactive ketones (excluding diaryl/α,β-unsaturated/α-hetero) is 1. The van der Waals surface area contributed by atoms with Gasteiger partial charge in [-0.15, -0.1) is 0 Å². The van der Waals surface area contributed by atoms with Gasteiger partial charge in [-0.1, -0.05) is 28.1 Å². The van der Waals surface area contributed by atoms with E-state index in [4.69, 9.17) is 9.15 Å². The van der Waals surface area contributed by atoms with Gasteiger partial charge in [-0.05, 0) is 32.0 Å². The maximum atomic E-state index is 12.1. The molecule has 2 rings (SSSR count). The van der Waals surface area contributed by atoms with Gasteiger partial charge in [0, 0.05) is 10.0 Å². The minimum absolute atomic E-state index is 0.244. The van der Waals surface area contributed by atoms with E-state index >= 15 is 0 Å². The number of carbonyl (C=O) groups excluding carboxylic acids is 2. The fraction of sp³-hybridized carbons (Fsp3) is 0.200. The zero-order valence-electron chi connectivity index (χ0n) is 11.1. The van der Waals surface area contributed by atoms with Crippen molar-refractivity contribution in [3.63, 3.8) is 0 Å². The van der Waals surface area contributed by atoms with E-state index in [1.54, 1.807) is 38.1 Å². The third-order valence-corrected chi connectivity index (χ3v) is 3.39. The molecule has 0 N–H and O–H groups in total. The van der Waals surface area contributed by atoms with E-state index < -0.39 is 12.1 Å². The van der Waals surface area contributed by atoms with E-state index in [0.717, 1.165) is 4.47 Å². The molecule has 1 atom stereocenters. The predicted octanol–water partition coefficient (Wildman–Crippen LogP) is 3.78. The van der Waals surface area contributed by atoms with Crippen LogP contribution in [-0.4, -0.2) is 17.9 Å². The van der Waals surface area contributed by atoms with Gasteiger partial charge in [0.1, 0.15) is 11.3 Å². The fourth-order valence-corrected chi connectivity index (χ4v) is 1.99. The molecule has 0 saturated heterocycles. The highest BCUT2D eigenvalue weighted by Crippen LogP contribution is 2.15. The predicted molar refractivity (Wildman–Crippen MR) is 76.8 cm³/mol. The lowest BCUT2D eigenvalue weighted by molar-refractivity contribution is 0.0317. The number of benzene rings is 1. The number of hydrogen-bond donors (Lipinski definition) is 0. The maximum Gasteiger partial charge on any atom is 0.342 e. The minimum Gasteiger partial charge on any atom is -0.469 e. The average molecular weight is 337 g/mol. The number of ketones is 1. The van der Waals surface area contributed by atoms with Crippen molar-refractivity contribution in [1.82, 2.24) is 0 Å². The molecule has 0 amide bonds. The summed E-state index contributed by atoms with van der Waals surface area (Å²) in [6.45, 7) is 3.22. The second-order valence-electron chi connectivity index (χ2n) is 4.31. The van der Waals surface area contributed by atoms with Gasteiger partial charge in [-0.3, -0.25) is 4.79 Å². The molecule has 2 aromatic rings. The van der Waals surface area contributed by atoms with Gasteiger partial charge in [-0.25, -0.2) is 4.79 Å². The van der Waals surface area contributed by atoms with Crippen LogP contribution in [0.4, 0.5) is 0 Å². The summed E-state index contributed by atoms with van der Waals surface area (Å²) in [6, 6.07) is 8.41. The van der Waals surface area contributed by atoms with Gasteiger partial charge < -0.3 is 9.15 Å². The molecule has 104 valence electrons.